The number of sulfonamides is 1. The largest absolute Gasteiger partial charge is 0.308 e. The first-order valence-electron chi connectivity index (χ1n) is 11.6. The van der Waals surface area contributed by atoms with E-state index in [1.165, 1.54) is 34.8 Å². The van der Waals surface area contributed by atoms with Crippen molar-refractivity contribution in [2.24, 2.45) is 0 Å². The third-order valence-electron chi connectivity index (χ3n) is 6.20. The van der Waals surface area contributed by atoms with Crippen molar-refractivity contribution in [1.82, 2.24) is 9.88 Å². The van der Waals surface area contributed by atoms with Crippen molar-refractivity contribution in [2.75, 3.05) is 43.4 Å². The molecule has 4 aromatic rings. The van der Waals surface area contributed by atoms with Gasteiger partial charge in [0.25, 0.3) is 15.9 Å². The van der Waals surface area contributed by atoms with Gasteiger partial charge in [-0.3, -0.25) is 14.0 Å². The summed E-state index contributed by atoms with van der Waals surface area (Å²) in [5, 5.41) is 0.631. The minimum absolute atomic E-state index is 0.122. The smallest absolute Gasteiger partial charge is 0.264 e. The molecule has 0 spiro atoms. The zero-order valence-corrected chi connectivity index (χ0v) is 22.7. The molecular formula is C27H30N4O3S2. The number of carbonyl (C=O) groups excluding carboxylic acids is 1. The molecule has 0 bridgehead atoms. The summed E-state index contributed by atoms with van der Waals surface area (Å²) in [6, 6.07) is 19.1. The van der Waals surface area contributed by atoms with Gasteiger partial charge in [-0.15, -0.1) is 0 Å². The quantitative estimate of drug-likeness (QED) is 0.328. The zero-order valence-electron chi connectivity index (χ0n) is 21.1. The molecule has 0 aliphatic carbocycles. The van der Waals surface area contributed by atoms with E-state index in [1.807, 2.05) is 45.0 Å². The number of nitrogens with zero attached hydrogens (tertiary/aromatic N) is 4. The van der Waals surface area contributed by atoms with Crippen LogP contribution in [0.2, 0.25) is 0 Å². The van der Waals surface area contributed by atoms with E-state index >= 15 is 0 Å². The van der Waals surface area contributed by atoms with E-state index in [0.717, 1.165) is 21.3 Å². The fraction of sp³-hybridized carbons (Fsp3) is 0.259. The SMILES string of the molecule is Cc1ccc2sc(N(CCN(C)C)C(=O)c3ccc(S(=O)(=O)N(C)c4ccccc4)cc3)nc2c1C. The van der Waals surface area contributed by atoms with E-state index < -0.39 is 10.0 Å². The van der Waals surface area contributed by atoms with Crippen LogP contribution in [0, 0.1) is 13.8 Å². The highest BCUT2D eigenvalue weighted by Crippen LogP contribution is 2.33. The molecule has 9 heteroatoms. The van der Waals surface area contributed by atoms with Gasteiger partial charge < -0.3 is 4.90 Å². The Morgan fingerprint density at radius 2 is 1.56 bits per heavy atom. The van der Waals surface area contributed by atoms with Crippen molar-refractivity contribution in [1.29, 1.82) is 0 Å². The van der Waals surface area contributed by atoms with Crippen LogP contribution in [0.3, 0.4) is 0 Å². The molecule has 0 atom stereocenters. The number of aryl methyl sites for hydroxylation is 2. The van der Waals surface area contributed by atoms with Crippen molar-refractivity contribution >= 4 is 48.3 Å². The van der Waals surface area contributed by atoms with Crippen LogP contribution in [0.15, 0.2) is 71.6 Å². The Bertz CT molecular complexity index is 1480. The molecule has 0 fully saturated rings. The molecule has 0 radical (unpaired) electrons. The maximum Gasteiger partial charge on any atom is 0.264 e. The van der Waals surface area contributed by atoms with Gasteiger partial charge in [-0.25, -0.2) is 13.4 Å². The highest BCUT2D eigenvalue weighted by atomic mass is 32.2. The molecule has 0 unspecified atom stereocenters. The second kappa shape index (κ2) is 10.4. The number of amides is 1. The lowest BCUT2D eigenvalue weighted by Gasteiger charge is -2.22. The molecule has 0 saturated heterocycles. The van der Waals surface area contributed by atoms with Gasteiger partial charge >= 0.3 is 0 Å². The van der Waals surface area contributed by atoms with Crippen LogP contribution in [0.1, 0.15) is 21.5 Å². The monoisotopic (exact) mass is 522 g/mol. The molecule has 4 rings (SSSR count). The lowest BCUT2D eigenvalue weighted by molar-refractivity contribution is 0.0985. The normalized spacial score (nSPS) is 11.7. The molecular weight excluding hydrogens is 492 g/mol. The molecule has 0 aliphatic rings. The second-order valence-corrected chi connectivity index (χ2v) is 11.9. The Hall–Kier alpha value is -3.27. The summed E-state index contributed by atoms with van der Waals surface area (Å²) in [5.41, 5.74) is 4.13. The highest BCUT2D eigenvalue weighted by Gasteiger charge is 2.25. The van der Waals surface area contributed by atoms with E-state index in [-0.39, 0.29) is 10.8 Å². The van der Waals surface area contributed by atoms with Crippen LogP contribution >= 0.6 is 11.3 Å². The van der Waals surface area contributed by atoms with Crippen LogP contribution in [0.25, 0.3) is 10.2 Å². The fourth-order valence-electron chi connectivity index (χ4n) is 3.77. The number of aromatic nitrogens is 1. The van der Waals surface area contributed by atoms with Gasteiger partial charge in [0.1, 0.15) is 0 Å². The molecule has 0 aliphatic heterocycles. The third kappa shape index (κ3) is 5.13. The maximum atomic E-state index is 13.6. The van der Waals surface area contributed by atoms with Crippen molar-refractivity contribution in [3.05, 3.63) is 83.4 Å². The number of hydrogen-bond donors (Lipinski definition) is 0. The predicted octanol–water partition coefficient (Wildman–Crippen LogP) is 4.95. The topological polar surface area (TPSA) is 73.8 Å². The van der Waals surface area contributed by atoms with Crippen molar-refractivity contribution in [3.8, 4) is 0 Å². The summed E-state index contributed by atoms with van der Waals surface area (Å²) in [6.45, 7) is 5.21. The number of fused-ring (bicyclic) bond motifs is 1. The van der Waals surface area contributed by atoms with E-state index in [4.69, 9.17) is 4.98 Å². The average molecular weight is 523 g/mol. The summed E-state index contributed by atoms with van der Waals surface area (Å²) >= 11 is 1.48. The molecule has 1 heterocycles. The number of thiazole rings is 1. The summed E-state index contributed by atoms with van der Waals surface area (Å²) < 4.78 is 28.5. The van der Waals surface area contributed by atoms with Crippen LogP contribution in [-0.4, -0.2) is 58.4 Å². The predicted molar refractivity (Wildman–Crippen MR) is 148 cm³/mol. The molecule has 36 heavy (non-hydrogen) atoms. The van der Waals surface area contributed by atoms with Gasteiger partial charge in [-0.1, -0.05) is 35.6 Å². The zero-order chi connectivity index (χ0) is 26.0. The second-order valence-electron chi connectivity index (χ2n) is 8.94. The molecule has 3 aromatic carbocycles. The van der Waals surface area contributed by atoms with Gasteiger partial charge in [0, 0.05) is 25.7 Å². The molecule has 0 N–H and O–H groups in total. The van der Waals surface area contributed by atoms with Crippen LogP contribution in [0.5, 0.6) is 0 Å². The first-order chi connectivity index (χ1) is 17.1. The molecule has 1 aromatic heterocycles. The molecule has 0 saturated carbocycles. The Labute approximate surface area is 216 Å². The van der Waals surface area contributed by atoms with Gasteiger partial charge in [0.05, 0.1) is 20.8 Å². The maximum absolute atomic E-state index is 13.6. The first kappa shape index (κ1) is 25.8. The number of anilines is 2. The minimum Gasteiger partial charge on any atom is -0.308 e. The third-order valence-corrected chi connectivity index (χ3v) is 9.04. The molecule has 188 valence electrons. The summed E-state index contributed by atoms with van der Waals surface area (Å²) in [6.07, 6.45) is 0. The molecule has 7 nitrogen and oxygen atoms in total. The Kier molecular flexibility index (Phi) is 7.44. The van der Waals surface area contributed by atoms with Gasteiger partial charge in [-0.2, -0.15) is 0 Å². The Morgan fingerprint density at radius 3 is 2.19 bits per heavy atom. The van der Waals surface area contributed by atoms with Crippen LogP contribution in [0.4, 0.5) is 10.8 Å². The average Bonchev–Trinajstić information content (AvgIpc) is 3.31. The standard InChI is InChI=1S/C27H30N4O3S2/c1-19-11-16-24-25(20(19)2)28-27(35-24)31(18-17-29(3)4)26(32)21-12-14-23(15-13-21)36(33,34)30(5)22-9-7-6-8-10-22/h6-16H,17-18H2,1-5H3. The van der Waals surface area contributed by atoms with Crippen LogP contribution < -0.4 is 9.21 Å². The number of para-hydroxylation sites is 1. The fourth-order valence-corrected chi connectivity index (χ4v) is 6.02. The summed E-state index contributed by atoms with van der Waals surface area (Å²) in [7, 11) is 1.67. The Balaban J connectivity index is 1.65. The lowest BCUT2D eigenvalue weighted by atomic mass is 10.1. The van der Waals surface area contributed by atoms with Crippen LogP contribution in [-0.2, 0) is 10.0 Å². The number of rotatable bonds is 8. The minimum atomic E-state index is -3.76. The highest BCUT2D eigenvalue weighted by molar-refractivity contribution is 7.92. The van der Waals surface area contributed by atoms with E-state index in [9.17, 15) is 13.2 Å². The number of likely N-dealkylation sites (N-methyl/N-ethyl adjacent to an activating group) is 1. The van der Waals surface area contributed by atoms with Gasteiger partial charge in [-0.05, 0) is 81.5 Å². The van der Waals surface area contributed by atoms with Gasteiger partial charge in [0.15, 0.2) is 5.13 Å². The number of hydrogen-bond acceptors (Lipinski definition) is 6. The number of benzene rings is 3. The summed E-state index contributed by atoms with van der Waals surface area (Å²) in [4.78, 5) is 22.2. The lowest BCUT2D eigenvalue weighted by Crippen LogP contribution is -2.36. The van der Waals surface area contributed by atoms with E-state index in [0.29, 0.717) is 29.5 Å². The van der Waals surface area contributed by atoms with E-state index in [1.54, 1.807) is 41.3 Å². The van der Waals surface area contributed by atoms with Crippen molar-refractivity contribution in [3.63, 3.8) is 0 Å². The van der Waals surface area contributed by atoms with Crippen molar-refractivity contribution < 1.29 is 13.2 Å². The Morgan fingerprint density at radius 1 is 0.889 bits per heavy atom. The number of carbonyl (C=O) groups is 1. The van der Waals surface area contributed by atoms with Crippen molar-refractivity contribution in [2.45, 2.75) is 18.7 Å². The van der Waals surface area contributed by atoms with E-state index in [2.05, 4.69) is 6.07 Å². The molecule has 1 amide bonds. The first-order valence-corrected chi connectivity index (χ1v) is 13.8. The summed E-state index contributed by atoms with van der Waals surface area (Å²) in [5.74, 6) is -0.217. The van der Waals surface area contributed by atoms with Gasteiger partial charge in [0.2, 0.25) is 0 Å².